The van der Waals surface area contributed by atoms with Gasteiger partial charge in [0.1, 0.15) is 16.6 Å². The first-order valence-electron chi connectivity index (χ1n) is 11.1. The number of halogens is 1. The molecule has 1 fully saturated rings. The van der Waals surface area contributed by atoms with Crippen molar-refractivity contribution in [3.63, 3.8) is 0 Å². The van der Waals surface area contributed by atoms with Crippen molar-refractivity contribution in [1.82, 2.24) is 19.9 Å². The summed E-state index contributed by atoms with van der Waals surface area (Å²) < 4.78 is 5.76. The lowest BCUT2D eigenvalue weighted by Gasteiger charge is -2.17. The number of nitrogens with one attached hydrogen (secondary N) is 1. The highest BCUT2D eigenvalue weighted by molar-refractivity contribution is 7.11. The summed E-state index contributed by atoms with van der Waals surface area (Å²) in [4.78, 5) is 18.2. The Morgan fingerprint density at radius 1 is 1.16 bits per heavy atom. The summed E-state index contributed by atoms with van der Waals surface area (Å²) >= 11 is 8.12. The van der Waals surface area contributed by atoms with Gasteiger partial charge in [0, 0.05) is 28.4 Å². The van der Waals surface area contributed by atoms with Gasteiger partial charge in [0.15, 0.2) is 0 Å². The average Bonchev–Trinajstić information content (AvgIpc) is 3.40. The van der Waals surface area contributed by atoms with Crippen LogP contribution in [0.1, 0.15) is 47.1 Å². The molecule has 0 saturated carbocycles. The summed E-state index contributed by atoms with van der Waals surface area (Å²) in [5.74, 6) is 1.64. The van der Waals surface area contributed by atoms with E-state index in [-0.39, 0.29) is 6.10 Å². The molecule has 31 heavy (non-hydrogen) atoms. The van der Waals surface area contributed by atoms with E-state index in [4.69, 9.17) is 31.3 Å². The summed E-state index contributed by atoms with van der Waals surface area (Å²) in [5.41, 5.74) is 2.18. The Kier molecular flexibility index (Phi) is 6.36. The molecule has 2 aliphatic rings. The van der Waals surface area contributed by atoms with E-state index < -0.39 is 0 Å². The van der Waals surface area contributed by atoms with Crippen LogP contribution in [0.15, 0.2) is 18.2 Å². The lowest BCUT2D eigenvalue weighted by atomic mass is 10.0. The predicted octanol–water partition coefficient (Wildman–Crippen LogP) is 4.84. The molecule has 1 aromatic carbocycles. The summed E-state index contributed by atoms with van der Waals surface area (Å²) in [6.07, 6.45) is 7.34. The first kappa shape index (κ1) is 21.1. The molecule has 2 aromatic heterocycles. The van der Waals surface area contributed by atoms with Crippen molar-refractivity contribution in [1.29, 1.82) is 0 Å². The zero-order chi connectivity index (χ0) is 21.2. The fourth-order valence-electron chi connectivity index (χ4n) is 4.37. The van der Waals surface area contributed by atoms with Gasteiger partial charge in [-0.3, -0.25) is 4.90 Å². The molecule has 5 rings (SSSR count). The molecular weight excluding hydrogens is 430 g/mol. The second-order valence-corrected chi connectivity index (χ2v) is 10.1. The molecule has 6 nitrogen and oxygen atoms in total. The summed E-state index contributed by atoms with van der Waals surface area (Å²) in [6.45, 7) is 3.08. The largest absolute Gasteiger partial charge is 0.376 e. The number of aryl methyl sites for hydroxylation is 2. The van der Waals surface area contributed by atoms with Crippen LogP contribution in [-0.2, 0) is 30.7 Å². The quantitative estimate of drug-likeness (QED) is 0.547. The fraction of sp³-hybridized carbons (Fsp3) is 0.522. The summed E-state index contributed by atoms with van der Waals surface area (Å²) in [5, 5.41) is 6.36. The van der Waals surface area contributed by atoms with E-state index in [2.05, 4.69) is 17.3 Å². The molecule has 0 radical (unpaired) electrons. The Morgan fingerprint density at radius 3 is 2.90 bits per heavy atom. The van der Waals surface area contributed by atoms with E-state index in [9.17, 15) is 0 Å². The van der Waals surface area contributed by atoms with E-state index in [1.165, 1.54) is 34.8 Å². The Bertz CT molecular complexity index is 1040. The maximum absolute atomic E-state index is 6.25. The second-order valence-electron chi connectivity index (χ2n) is 8.52. The van der Waals surface area contributed by atoms with Crippen LogP contribution >= 0.6 is 22.9 Å². The molecule has 1 unspecified atom stereocenters. The molecule has 1 aliphatic carbocycles. The number of hydrogen-bond donors (Lipinski definition) is 1. The van der Waals surface area contributed by atoms with Gasteiger partial charge in [-0.05, 0) is 63.8 Å². The van der Waals surface area contributed by atoms with Crippen LogP contribution in [0.4, 0.5) is 5.82 Å². The zero-order valence-electron chi connectivity index (χ0n) is 17.9. The second kappa shape index (κ2) is 9.36. The molecule has 164 valence electrons. The first-order chi connectivity index (χ1) is 15.1. The van der Waals surface area contributed by atoms with Crippen LogP contribution < -0.4 is 5.32 Å². The third kappa shape index (κ3) is 5.00. The number of nitrogens with zero attached hydrogens (tertiary/aromatic N) is 4. The first-order valence-corrected chi connectivity index (χ1v) is 12.3. The van der Waals surface area contributed by atoms with Crippen molar-refractivity contribution >= 4 is 39.7 Å². The minimum atomic E-state index is 0.249. The van der Waals surface area contributed by atoms with Crippen molar-refractivity contribution < 1.29 is 4.74 Å². The summed E-state index contributed by atoms with van der Waals surface area (Å²) in [7, 11) is 2.10. The van der Waals surface area contributed by atoms with E-state index in [1.54, 1.807) is 0 Å². The van der Waals surface area contributed by atoms with Crippen LogP contribution in [0.3, 0.4) is 0 Å². The Labute approximate surface area is 192 Å². The number of aromatic nitrogens is 3. The topological polar surface area (TPSA) is 63.2 Å². The molecule has 0 spiro atoms. The van der Waals surface area contributed by atoms with Gasteiger partial charge in [0.05, 0.1) is 30.4 Å². The monoisotopic (exact) mass is 457 g/mol. The van der Waals surface area contributed by atoms with Crippen molar-refractivity contribution in [2.45, 2.75) is 57.7 Å². The maximum atomic E-state index is 6.25. The Morgan fingerprint density at radius 2 is 2.06 bits per heavy atom. The molecule has 1 atom stereocenters. The highest BCUT2D eigenvalue weighted by atomic mass is 35.5. The van der Waals surface area contributed by atoms with Gasteiger partial charge in [-0.2, -0.15) is 0 Å². The Hall–Kier alpha value is -1.80. The van der Waals surface area contributed by atoms with Gasteiger partial charge in [0.25, 0.3) is 0 Å². The number of ether oxygens (including phenoxy) is 1. The molecule has 1 N–H and O–H groups in total. The lowest BCUT2D eigenvalue weighted by Crippen LogP contribution is -2.21. The van der Waals surface area contributed by atoms with E-state index in [1.807, 2.05) is 29.5 Å². The molecule has 1 saturated heterocycles. The molecule has 1 aliphatic heterocycles. The molecule has 0 bridgehead atoms. The fourth-order valence-corrected chi connectivity index (χ4v) is 5.78. The maximum Gasteiger partial charge on any atom is 0.145 e. The van der Waals surface area contributed by atoms with Crippen LogP contribution in [0.5, 0.6) is 0 Å². The smallest absolute Gasteiger partial charge is 0.145 e. The minimum Gasteiger partial charge on any atom is -0.376 e. The molecular formula is C23H28ClN5OS. The molecule has 3 heterocycles. The number of hydrogen-bond acceptors (Lipinski definition) is 7. The number of anilines is 1. The average molecular weight is 458 g/mol. The molecule has 3 aromatic rings. The van der Waals surface area contributed by atoms with E-state index in [0.717, 1.165) is 61.5 Å². The normalized spacial score (nSPS) is 18.6. The van der Waals surface area contributed by atoms with E-state index in [0.29, 0.717) is 11.6 Å². The molecule has 8 heteroatoms. The third-order valence-corrected chi connectivity index (χ3v) is 7.31. The minimum absolute atomic E-state index is 0.249. The van der Waals surface area contributed by atoms with E-state index >= 15 is 0 Å². The number of fused-ring (bicyclic) bond motifs is 2. The van der Waals surface area contributed by atoms with Crippen LogP contribution in [-0.4, -0.2) is 46.2 Å². The van der Waals surface area contributed by atoms with Gasteiger partial charge >= 0.3 is 0 Å². The standard InChI is InChI=1S/C23H28ClN5OS/c1-29(14-22-27-18-6-2-3-7-20(18)31-22)13-21-26-19-11-15(24)8-9-17(19)23(28-21)25-12-16-5-4-10-30-16/h8-9,11,16H,2-7,10,12-14H2,1H3,(H,25,26,28). The van der Waals surface area contributed by atoms with Crippen molar-refractivity contribution in [2.75, 3.05) is 25.5 Å². The number of thiazole rings is 1. The van der Waals surface area contributed by atoms with Gasteiger partial charge in [-0.15, -0.1) is 11.3 Å². The van der Waals surface area contributed by atoms with Crippen LogP contribution in [0, 0.1) is 0 Å². The number of benzene rings is 1. The highest BCUT2D eigenvalue weighted by Crippen LogP contribution is 2.28. The lowest BCUT2D eigenvalue weighted by molar-refractivity contribution is 0.120. The third-order valence-electron chi connectivity index (χ3n) is 5.93. The van der Waals surface area contributed by atoms with Crippen LogP contribution in [0.25, 0.3) is 10.9 Å². The zero-order valence-corrected chi connectivity index (χ0v) is 19.4. The van der Waals surface area contributed by atoms with Gasteiger partial charge in [0.2, 0.25) is 0 Å². The molecule has 0 amide bonds. The predicted molar refractivity (Wildman–Crippen MR) is 126 cm³/mol. The SMILES string of the molecule is CN(Cc1nc(NCC2CCCO2)c2ccc(Cl)cc2n1)Cc1nc2c(s1)CCCC2. The summed E-state index contributed by atoms with van der Waals surface area (Å²) in [6, 6.07) is 5.79. The van der Waals surface area contributed by atoms with Gasteiger partial charge in [-0.25, -0.2) is 15.0 Å². The van der Waals surface area contributed by atoms with Gasteiger partial charge in [-0.1, -0.05) is 11.6 Å². The van der Waals surface area contributed by atoms with Crippen LogP contribution in [0.2, 0.25) is 5.02 Å². The van der Waals surface area contributed by atoms with Crippen molar-refractivity contribution in [3.8, 4) is 0 Å². The van der Waals surface area contributed by atoms with Crippen molar-refractivity contribution in [3.05, 3.63) is 44.6 Å². The Balaban J connectivity index is 1.33. The highest BCUT2D eigenvalue weighted by Gasteiger charge is 2.18. The number of rotatable bonds is 7. The van der Waals surface area contributed by atoms with Crippen molar-refractivity contribution in [2.24, 2.45) is 0 Å². The van der Waals surface area contributed by atoms with Gasteiger partial charge < -0.3 is 10.1 Å².